The number of fused-ring (bicyclic) bond motifs is 2. The lowest BCUT2D eigenvalue weighted by Crippen LogP contribution is -2.57. The Morgan fingerprint density at radius 3 is 2.24 bits per heavy atom. The predicted molar refractivity (Wildman–Crippen MR) is 135 cm³/mol. The Morgan fingerprint density at radius 1 is 0.892 bits per heavy atom. The van der Waals surface area contributed by atoms with Gasteiger partial charge >= 0.3 is 0 Å². The minimum Gasteiger partial charge on any atom is -0.457 e. The first kappa shape index (κ1) is 24.6. The average Bonchev–Trinajstić information content (AvgIpc) is 3.05. The van der Waals surface area contributed by atoms with Gasteiger partial charge in [-0.05, 0) is 48.0 Å². The molecular formula is C28H18Cl2N4O3. The lowest BCUT2D eigenvalue weighted by Gasteiger charge is -2.49. The van der Waals surface area contributed by atoms with E-state index in [0.29, 0.717) is 27.6 Å². The summed E-state index contributed by atoms with van der Waals surface area (Å²) in [5.74, 6) is -2.19. The van der Waals surface area contributed by atoms with E-state index < -0.39 is 34.5 Å². The molecule has 7 nitrogen and oxygen atoms in total. The van der Waals surface area contributed by atoms with Crippen molar-refractivity contribution < 1.29 is 14.2 Å². The van der Waals surface area contributed by atoms with E-state index in [1.165, 1.54) is 6.07 Å². The first-order valence-corrected chi connectivity index (χ1v) is 12.0. The molecule has 4 unspecified atom stereocenters. The van der Waals surface area contributed by atoms with Gasteiger partial charge < -0.3 is 14.2 Å². The van der Waals surface area contributed by atoms with Crippen molar-refractivity contribution in [2.24, 2.45) is 16.7 Å². The van der Waals surface area contributed by atoms with Crippen molar-refractivity contribution in [3.8, 4) is 29.7 Å². The highest BCUT2D eigenvalue weighted by molar-refractivity contribution is 6.35. The first-order chi connectivity index (χ1) is 17.8. The monoisotopic (exact) mass is 528 g/mol. The number of halogens is 2. The van der Waals surface area contributed by atoms with Gasteiger partial charge in [-0.25, -0.2) is 0 Å². The molecule has 2 saturated heterocycles. The number of nitriles is 3. The number of benzene rings is 3. The number of nitrogens with zero attached hydrogens (tertiary/aromatic N) is 3. The van der Waals surface area contributed by atoms with E-state index in [-0.39, 0.29) is 5.02 Å². The second-order valence-corrected chi connectivity index (χ2v) is 9.73. The fraction of sp³-hybridized carbons (Fsp3) is 0.214. The van der Waals surface area contributed by atoms with Crippen LogP contribution in [0.3, 0.4) is 0 Å². The Balaban J connectivity index is 1.72. The van der Waals surface area contributed by atoms with Gasteiger partial charge in [-0.2, -0.15) is 15.8 Å². The first-order valence-electron chi connectivity index (χ1n) is 11.3. The van der Waals surface area contributed by atoms with Crippen molar-refractivity contribution >= 4 is 29.1 Å². The van der Waals surface area contributed by atoms with Gasteiger partial charge in [-0.3, -0.25) is 5.41 Å². The van der Waals surface area contributed by atoms with E-state index in [1.807, 2.05) is 30.3 Å². The molecule has 5 rings (SSSR count). The summed E-state index contributed by atoms with van der Waals surface area (Å²) in [5.41, 5.74) is -3.35. The van der Waals surface area contributed by atoms with Crippen molar-refractivity contribution in [3.05, 3.63) is 94.0 Å². The minimum atomic E-state index is -2.12. The maximum Gasteiger partial charge on any atom is 0.245 e. The minimum absolute atomic E-state index is 0.196. The summed E-state index contributed by atoms with van der Waals surface area (Å²) >= 11 is 12.7. The molecule has 3 aromatic rings. The Kier molecular flexibility index (Phi) is 5.86. The highest BCUT2D eigenvalue weighted by Crippen LogP contribution is 2.69. The van der Waals surface area contributed by atoms with Crippen LogP contribution in [0, 0.1) is 56.2 Å². The summed E-state index contributed by atoms with van der Waals surface area (Å²) in [6.45, 7) is 1.62. The second kappa shape index (κ2) is 8.80. The fourth-order valence-corrected chi connectivity index (χ4v) is 5.82. The van der Waals surface area contributed by atoms with Gasteiger partial charge in [-0.1, -0.05) is 60.5 Å². The third kappa shape index (κ3) is 3.31. The second-order valence-electron chi connectivity index (χ2n) is 8.88. The average molecular weight is 529 g/mol. The Morgan fingerprint density at radius 2 is 1.59 bits per heavy atom. The Labute approximate surface area is 223 Å². The molecule has 0 aromatic heterocycles. The van der Waals surface area contributed by atoms with Crippen LogP contribution in [0.1, 0.15) is 24.2 Å². The molecule has 0 saturated carbocycles. The number of rotatable bonds is 4. The number of ether oxygens (including phenoxy) is 3. The molecule has 2 bridgehead atoms. The number of para-hydroxylation sites is 1. The summed E-state index contributed by atoms with van der Waals surface area (Å²) in [6, 6.07) is 26.7. The zero-order chi connectivity index (χ0) is 26.4. The SMILES string of the molecule is CC1C2(c3ccc(Cl)cc3Cl)OC(=N)C1(C#N)C(C#N)(C#N)C(c1cccc(Oc3ccccc3)c1)O2. The molecule has 2 aliphatic rings. The summed E-state index contributed by atoms with van der Waals surface area (Å²) in [4.78, 5) is 0. The van der Waals surface area contributed by atoms with Crippen LogP contribution in [-0.2, 0) is 15.3 Å². The molecule has 37 heavy (non-hydrogen) atoms. The van der Waals surface area contributed by atoms with E-state index in [1.54, 1.807) is 55.5 Å². The van der Waals surface area contributed by atoms with E-state index in [9.17, 15) is 15.8 Å². The summed E-state index contributed by atoms with van der Waals surface area (Å²) < 4.78 is 18.5. The normalized spacial score (nSPS) is 27.3. The molecule has 1 N–H and O–H groups in total. The maximum absolute atomic E-state index is 10.5. The van der Waals surface area contributed by atoms with Crippen molar-refractivity contribution in [1.82, 2.24) is 0 Å². The van der Waals surface area contributed by atoms with Gasteiger partial charge in [-0.15, -0.1) is 0 Å². The van der Waals surface area contributed by atoms with Crippen LogP contribution >= 0.6 is 23.2 Å². The van der Waals surface area contributed by atoms with Gasteiger partial charge in [0.1, 0.15) is 17.6 Å². The molecule has 0 amide bonds. The van der Waals surface area contributed by atoms with Crippen LogP contribution in [0.4, 0.5) is 0 Å². The molecule has 3 aromatic carbocycles. The zero-order valence-corrected chi connectivity index (χ0v) is 20.9. The van der Waals surface area contributed by atoms with E-state index in [4.69, 9.17) is 42.8 Å². The number of hydrogen-bond donors (Lipinski definition) is 1. The largest absolute Gasteiger partial charge is 0.457 e. The van der Waals surface area contributed by atoms with Crippen LogP contribution in [0.2, 0.25) is 10.0 Å². The third-order valence-corrected chi connectivity index (χ3v) is 7.66. The summed E-state index contributed by atoms with van der Waals surface area (Å²) in [6.07, 6.45) is -1.30. The third-order valence-electron chi connectivity index (χ3n) is 7.11. The molecule has 0 spiro atoms. The van der Waals surface area contributed by atoms with Gasteiger partial charge in [0.25, 0.3) is 0 Å². The predicted octanol–water partition coefficient (Wildman–Crippen LogP) is 6.90. The van der Waals surface area contributed by atoms with Crippen molar-refractivity contribution in [3.63, 3.8) is 0 Å². The molecule has 2 heterocycles. The molecular weight excluding hydrogens is 511 g/mol. The van der Waals surface area contributed by atoms with Crippen molar-refractivity contribution in [1.29, 1.82) is 21.2 Å². The Bertz CT molecular complexity index is 1530. The molecule has 182 valence electrons. The topological polar surface area (TPSA) is 123 Å². The van der Waals surface area contributed by atoms with E-state index in [0.717, 1.165) is 0 Å². The molecule has 9 heteroatoms. The van der Waals surface area contributed by atoms with E-state index in [2.05, 4.69) is 6.07 Å². The standard InChI is InChI=1S/C28H18Cl2N4O3/c1-17-27(16-33)25(34)37-28(17,22-11-10-19(29)13-23(22)30)36-24(26(27,14-31)15-32)18-6-5-9-21(12-18)35-20-7-3-2-4-8-20/h2-13,17,24,34H,1H3. The van der Waals surface area contributed by atoms with Gasteiger partial charge in [0.05, 0.1) is 29.1 Å². The van der Waals surface area contributed by atoms with Crippen LogP contribution in [0.15, 0.2) is 72.8 Å². The number of nitrogens with one attached hydrogen (secondary N) is 1. The quantitative estimate of drug-likeness (QED) is 0.392. The van der Waals surface area contributed by atoms with Gasteiger partial charge in [0, 0.05) is 10.6 Å². The zero-order valence-electron chi connectivity index (χ0n) is 19.4. The fourth-order valence-electron chi connectivity index (χ4n) is 5.28. The smallest absolute Gasteiger partial charge is 0.245 e. The van der Waals surface area contributed by atoms with Crippen LogP contribution in [0.5, 0.6) is 11.5 Å². The molecule has 4 atom stereocenters. The van der Waals surface area contributed by atoms with Crippen LogP contribution in [-0.4, -0.2) is 5.90 Å². The lowest BCUT2D eigenvalue weighted by atomic mass is 9.53. The van der Waals surface area contributed by atoms with Crippen molar-refractivity contribution in [2.45, 2.75) is 18.8 Å². The molecule has 2 aliphatic heterocycles. The highest BCUT2D eigenvalue weighted by Gasteiger charge is 2.80. The van der Waals surface area contributed by atoms with Crippen LogP contribution < -0.4 is 4.74 Å². The summed E-state index contributed by atoms with van der Waals surface area (Å²) in [7, 11) is 0. The molecule has 0 radical (unpaired) electrons. The number of hydrogen-bond acceptors (Lipinski definition) is 7. The van der Waals surface area contributed by atoms with Crippen molar-refractivity contribution in [2.75, 3.05) is 0 Å². The highest BCUT2D eigenvalue weighted by atomic mass is 35.5. The van der Waals surface area contributed by atoms with Gasteiger partial charge in [0.2, 0.25) is 17.1 Å². The lowest BCUT2D eigenvalue weighted by molar-refractivity contribution is -0.288. The molecule has 2 fully saturated rings. The Hall–Kier alpha value is -4.06. The van der Waals surface area contributed by atoms with Gasteiger partial charge in [0.15, 0.2) is 5.41 Å². The molecule has 0 aliphatic carbocycles. The summed E-state index contributed by atoms with van der Waals surface area (Å²) in [5, 5.41) is 40.7. The van der Waals surface area contributed by atoms with Crippen LogP contribution in [0.25, 0.3) is 0 Å². The maximum atomic E-state index is 10.5. The van der Waals surface area contributed by atoms with E-state index >= 15 is 0 Å².